The SMILES string of the molecule is CC1(C)C(Nc2ccc3oc(=O)[nH]c3c2)C2CCCOC21. The van der Waals surface area contributed by atoms with Crippen LogP contribution in [0.2, 0.25) is 0 Å². The van der Waals surface area contributed by atoms with Crippen molar-refractivity contribution in [3.8, 4) is 0 Å². The van der Waals surface area contributed by atoms with Gasteiger partial charge in [-0.05, 0) is 31.0 Å². The van der Waals surface area contributed by atoms with E-state index in [0.29, 0.717) is 23.6 Å². The maximum absolute atomic E-state index is 11.2. The first-order chi connectivity index (χ1) is 10.1. The Labute approximate surface area is 122 Å². The van der Waals surface area contributed by atoms with Crippen molar-refractivity contribution in [2.45, 2.75) is 38.8 Å². The molecule has 1 aliphatic carbocycles. The molecule has 1 saturated carbocycles. The van der Waals surface area contributed by atoms with Crippen LogP contribution in [0, 0.1) is 11.3 Å². The van der Waals surface area contributed by atoms with Gasteiger partial charge in [0, 0.05) is 29.7 Å². The van der Waals surface area contributed by atoms with Gasteiger partial charge in [-0.1, -0.05) is 13.8 Å². The van der Waals surface area contributed by atoms with Crippen LogP contribution >= 0.6 is 0 Å². The molecule has 2 fully saturated rings. The summed E-state index contributed by atoms with van der Waals surface area (Å²) >= 11 is 0. The molecule has 2 aromatic rings. The number of aromatic amines is 1. The summed E-state index contributed by atoms with van der Waals surface area (Å²) in [6, 6.07) is 6.13. The molecule has 1 aliphatic heterocycles. The number of nitrogens with one attached hydrogen (secondary N) is 2. The van der Waals surface area contributed by atoms with Crippen molar-refractivity contribution in [1.82, 2.24) is 4.98 Å². The standard InChI is InChI=1S/C16H20N2O3/c1-16(2)13(10-4-3-7-20-14(10)16)17-9-5-6-12-11(8-9)18-15(19)21-12/h5-6,8,10,13-14,17H,3-4,7H2,1-2H3,(H,18,19). The highest BCUT2D eigenvalue weighted by Crippen LogP contribution is 2.52. The molecule has 112 valence electrons. The number of fused-ring (bicyclic) bond motifs is 2. The fourth-order valence-corrected chi connectivity index (χ4v) is 4.04. The Morgan fingerprint density at radius 3 is 3.10 bits per heavy atom. The van der Waals surface area contributed by atoms with Crippen molar-refractivity contribution in [3.63, 3.8) is 0 Å². The maximum Gasteiger partial charge on any atom is 0.417 e. The Hall–Kier alpha value is -1.75. The third-order valence-corrected chi connectivity index (χ3v) is 5.07. The minimum absolute atomic E-state index is 0.129. The molecule has 5 heteroatoms. The van der Waals surface area contributed by atoms with Crippen molar-refractivity contribution in [2.24, 2.45) is 11.3 Å². The molecule has 2 aliphatic rings. The average molecular weight is 288 g/mol. The van der Waals surface area contributed by atoms with Crippen molar-refractivity contribution < 1.29 is 9.15 Å². The number of oxazole rings is 1. The van der Waals surface area contributed by atoms with Crippen LogP contribution in [0.15, 0.2) is 27.4 Å². The second-order valence-corrected chi connectivity index (χ2v) is 6.77. The highest BCUT2D eigenvalue weighted by molar-refractivity contribution is 5.77. The first kappa shape index (κ1) is 13.0. The van der Waals surface area contributed by atoms with Gasteiger partial charge in [0.05, 0.1) is 11.6 Å². The smallest absolute Gasteiger partial charge is 0.408 e. The van der Waals surface area contributed by atoms with Gasteiger partial charge >= 0.3 is 5.76 Å². The lowest BCUT2D eigenvalue weighted by atomic mass is 9.55. The minimum Gasteiger partial charge on any atom is -0.408 e. The number of ether oxygens (including phenoxy) is 1. The van der Waals surface area contributed by atoms with Gasteiger partial charge in [-0.15, -0.1) is 0 Å². The summed E-state index contributed by atoms with van der Waals surface area (Å²) in [5, 5.41) is 3.63. The van der Waals surface area contributed by atoms with Crippen molar-refractivity contribution in [1.29, 1.82) is 0 Å². The van der Waals surface area contributed by atoms with Crippen LogP contribution in [0.4, 0.5) is 5.69 Å². The van der Waals surface area contributed by atoms with Crippen molar-refractivity contribution in [3.05, 3.63) is 28.7 Å². The van der Waals surface area contributed by atoms with Crippen LogP contribution in [0.1, 0.15) is 26.7 Å². The Bertz CT molecular complexity index is 730. The van der Waals surface area contributed by atoms with E-state index >= 15 is 0 Å². The normalized spacial score (nSPS) is 30.7. The molecule has 0 radical (unpaired) electrons. The quantitative estimate of drug-likeness (QED) is 0.891. The lowest BCUT2D eigenvalue weighted by molar-refractivity contribution is -0.177. The van der Waals surface area contributed by atoms with E-state index in [-0.39, 0.29) is 5.41 Å². The van der Waals surface area contributed by atoms with Crippen LogP contribution in [0.5, 0.6) is 0 Å². The first-order valence-corrected chi connectivity index (χ1v) is 7.57. The second kappa shape index (κ2) is 4.37. The van der Waals surface area contributed by atoms with Gasteiger partial charge in [-0.2, -0.15) is 0 Å². The van der Waals surface area contributed by atoms with E-state index in [0.717, 1.165) is 24.2 Å². The Morgan fingerprint density at radius 1 is 1.38 bits per heavy atom. The molecule has 0 spiro atoms. The van der Waals surface area contributed by atoms with E-state index in [1.807, 2.05) is 18.2 Å². The molecule has 3 unspecified atom stereocenters. The molecule has 21 heavy (non-hydrogen) atoms. The van der Waals surface area contributed by atoms with Crippen LogP contribution in [-0.2, 0) is 4.74 Å². The Kier molecular flexibility index (Phi) is 2.70. The van der Waals surface area contributed by atoms with Crippen molar-refractivity contribution >= 4 is 16.8 Å². The molecule has 0 amide bonds. The lowest BCUT2D eigenvalue weighted by Gasteiger charge is -2.60. The number of hydrogen-bond acceptors (Lipinski definition) is 4. The predicted octanol–water partition coefficient (Wildman–Crippen LogP) is 2.74. The summed E-state index contributed by atoms with van der Waals surface area (Å²) in [5.41, 5.74) is 2.47. The van der Waals surface area contributed by atoms with Gasteiger partial charge in [-0.25, -0.2) is 4.79 Å². The molecule has 1 aromatic heterocycles. The zero-order valence-corrected chi connectivity index (χ0v) is 12.3. The van der Waals surface area contributed by atoms with Gasteiger partial charge in [0.1, 0.15) is 0 Å². The van der Waals surface area contributed by atoms with E-state index in [1.165, 1.54) is 6.42 Å². The fourth-order valence-electron chi connectivity index (χ4n) is 4.04. The number of benzene rings is 1. The van der Waals surface area contributed by atoms with Crippen LogP contribution in [0.3, 0.4) is 0 Å². The molecular weight excluding hydrogens is 268 g/mol. The largest absolute Gasteiger partial charge is 0.417 e. The van der Waals surface area contributed by atoms with Crippen LogP contribution < -0.4 is 11.1 Å². The zero-order valence-electron chi connectivity index (χ0n) is 12.3. The third kappa shape index (κ3) is 1.91. The molecule has 1 saturated heterocycles. The average Bonchev–Trinajstić information content (AvgIpc) is 2.84. The Balaban J connectivity index is 1.60. The summed E-state index contributed by atoms with van der Waals surface area (Å²) in [6.45, 7) is 5.41. The Morgan fingerprint density at radius 2 is 2.24 bits per heavy atom. The molecule has 3 atom stereocenters. The van der Waals surface area contributed by atoms with Gasteiger partial charge in [0.25, 0.3) is 0 Å². The van der Waals surface area contributed by atoms with E-state index in [1.54, 1.807) is 0 Å². The van der Waals surface area contributed by atoms with E-state index in [9.17, 15) is 4.79 Å². The van der Waals surface area contributed by atoms with E-state index in [4.69, 9.17) is 9.15 Å². The number of anilines is 1. The fraction of sp³-hybridized carbons (Fsp3) is 0.562. The van der Waals surface area contributed by atoms with Crippen LogP contribution in [-0.4, -0.2) is 23.7 Å². The molecule has 2 N–H and O–H groups in total. The summed E-state index contributed by atoms with van der Waals surface area (Å²) in [4.78, 5) is 13.9. The molecule has 2 heterocycles. The van der Waals surface area contributed by atoms with Crippen molar-refractivity contribution in [2.75, 3.05) is 11.9 Å². The monoisotopic (exact) mass is 288 g/mol. The van der Waals surface area contributed by atoms with Gasteiger partial charge in [0.15, 0.2) is 5.58 Å². The predicted molar refractivity (Wildman–Crippen MR) is 80.5 cm³/mol. The summed E-state index contributed by atoms with van der Waals surface area (Å²) in [6.07, 6.45) is 2.72. The minimum atomic E-state index is -0.410. The third-order valence-electron chi connectivity index (χ3n) is 5.07. The zero-order chi connectivity index (χ0) is 14.6. The highest BCUT2D eigenvalue weighted by atomic mass is 16.5. The second-order valence-electron chi connectivity index (χ2n) is 6.77. The number of rotatable bonds is 2. The first-order valence-electron chi connectivity index (χ1n) is 7.57. The topological polar surface area (TPSA) is 67.3 Å². The molecule has 4 rings (SSSR count). The lowest BCUT2D eigenvalue weighted by Crippen LogP contribution is -2.67. The molecule has 1 aromatic carbocycles. The summed E-state index contributed by atoms with van der Waals surface area (Å²) in [5.74, 6) is 0.166. The maximum atomic E-state index is 11.2. The highest BCUT2D eigenvalue weighted by Gasteiger charge is 2.57. The molecule has 5 nitrogen and oxygen atoms in total. The number of hydrogen-bond donors (Lipinski definition) is 2. The summed E-state index contributed by atoms with van der Waals surface area (Å²) in [7, 11) is 0. The molecule has 0 bridgehead atoms. The molecular formula is C16H20N2O3. The van der Waals surface area contributed by atoms with Gasteiger partial charge in [-0.3, -0.25) is 4.98 Å². The van der Waals surface area contributed by atoms with Gasteiger partial charge < -0.3 is 14.5 Å². The van der Waals surface area contributed by atoms with E-state index < -0.39 is 5.76 Å². The van der Waals surface area contributed by atoms with Gasteiger partial charge in [0.2, 0.25) is 0 Å². The number of H-pyrrole nitrogens is 1. The summed E-state index contributed by atoms with van der Waals surface area (Å²) < 4.78 is 11.0. The number of aromatic nitrogens is 1. The van der Waals surface area contributed by atoms with Crippen LogP contribution in [0.25, 0.3) is 11.1 Å². The van der Waals surface area contributed by atoms with E-state index in [2.05, 4.69) is 24.1 Å².